The van der Waals surface area contributed by atoms with Crippen molar-refractivity contribution in [1.82, 2.24) is 0 Å². The first-order valence-electron chi connectivity index (χ1n) is 8.87. The molecule has 4 nitrogen and oxygen atoms in total. The Kier molecular flexibility index (Phi) is 19.4. The molecule has 0 bridgehead atoms. The Morgan fingerprint density at radius 2 is 1.35 bits per heavy atom. The normalized spacial score (nSPS) is 12.4. The van der Waals surface area contributed by atoms with Gasteiger partial charge in [0.2, 0.25) is 0 Å². The molecular formula is C19H40O4. The largest absolute Gasteiger partial charge is 0.384 e. The molecule has 23 heavy (non-hydrogen) atoms. The van der Waals surface area contributed by atoms with Crippen LogP contribution < -0.4 is 0 Å². The number of unbranched alkanes of at least 4 members (excludes halogenated alkanes) is 5. The Balaban J connectivity index is 0. The quantitative estimate of drug-likeness (QED) is 0.250. The van der Waals surface area contributed by atoms with E-state index in [1.54, 1.807) is 28.4 Å². The summed E-state index contributed by atoms with van der Waals surface area (Å²) in [4.78, 5) is 0. The van der Waals surface area contributed by atoms with E-state index in [0.29, 0.717) is 6.61 Å². The summed E-state index contributed by atoms with van der Waals surface area (Å²) in [5.74, 6) is -0.900. The lowest BCUT2D eigenvalue weighted by Crippen LogP contribution is -2.46. The third-order valence-corrected chi connectivity index (χ3v) is 3.92. The van der Waals surface area contributed by atoms with E-state index < -0.39 is 5.97 Å². The molecule has 0 N–H and O–H groups in total. The molecule has 0 fully saturated rings. The van der Waals surface area contributed by atoms with Gasteiger partial charge in [0.25, 0.3) is 5.97 Å². The highest BCUT2D eigenvalue weighted by Gasteiger charge is 2.39. The molecule has 0 aromatic heterocycles. The van der Waals surface area contributed by atoms with Gasteiger partial charge in [-0.3, -0.25) is 0 Å². The summed E-state index contributed by atoms with van der Waals surface area (Å²) in [5, 5.41) is 0. The number of hydrogen-bond acceptors (Lipinski definition) is 4. The maximum Gasteiger partial charge on any atom is 0.287 e. The number of allylic oxidation sites excluding steroid dienone is 1. The average molecular weight is 333 g/mol. The van der Waals surface area contributed by atoms with Crippen LogP contribution in [0.25, 0.3) is 0 Å². The SMILES string of the molecule is C=CCC.CCCCCCCCC(COC)C(OC)(OC)OC. The van der Waals surface area contributed by atoms with Gasteiger partial charge in [-0.15, -0.1) is 6.58 Å². The van der Waals surface area contributed by atoms with E-state index in [9.17, 15) is 0 Å². The standard InChI is InChI=1S/C15H32O4.C4H8/c1-6-7-8-9-10-11-12-14(13-16-2)15(17-3,18-4)19-5;1-3-4-2/h14H,6-13H2,1-5H3;3H,1,4H2,2H3. The Hall–Kier alpha value is -0.420. The smallest absolute Gasteiger partial charge is 0.287 e. The molecule has 0 aliphatic carbocycles. The third-order valence-electron chi connectivity index (χ3n) is 3.92. The Bertz CT molecular complexity index is 231. The van der Waals surface area contributed by atoms with Crippen LogP contribution in [-0.2, 0) is 18.9 Å². The Morgan fingerprint density at radius 1 is 0.870 bits per heavy atom. The van der Waals surface area contributed by atoms with Crippen molar-refractivity contribution in [2.24, 2.45) is 5.92 Å². The number of rotatable bonds is 14. The molecule has 0 radical (unpaired) electrons. The highest BCUT2D eigenvalue weighted by atomic mass is 16.9. The first kappa shape index (κ1) is 24.8. The maximum absolute atomic E-state index is 5.42. The number of ether oxygens (including phenoxy) is 4. The Morgan fingerprint density at radius 3 is 1.74 bits per heavy atom. The highest BCUT2D eigenvalue weighted by molar-refractivity contribution is 4.71. The van der Waals surface area contributed by atoms with Crippen molar-refractivity contribution in [3.05, 3.63) is 12.7 Å². The zero-order valence-corrected chi connectivity index (χ0v) is 16.4. The van der Waals surface area contributed by atoms with E-state index in [4.69, 9.17) is 18.9 Å². The maximum atomic E-state index is 5.42. The van der Waals surface area contributed by atoms with Crippen molar-refractivity contribution >= 4 is 0 Å². The van der Waals surface area contributed by atoms with Gasteiger partial charge < -0.3 is 18.9 Å². The molecule has 0 aromatic carbocycles. The van der Waals surface area contributed by atoms with Gasteiger partial charge in [0.1, 0.15) is 0 Å². The molecule has 1 unspecified atom stereocenters. The minimum atomic E-state index is -0.987. The second-order valence-electron chi connectivity index (χ2n) is 5.62. The molecule has 0 spiro atoms. The van der Waals surface area contributed by atoms with Gasteiger partial charge in [-0.05, 0) is 12.8 Å². The average Bonchev–Trinajstić information content (AvgIpc) is 2.60. The van der Waals surface area contributed by atoms with Crippen LogP contribution in [0.15, 0.2) is 12.7 Å². The van der Waals surface area contributed by atoms with Crippen molar-refractivity contribution in [3.8, 4) is 0 Å². The molecule has 0 saturated heterocycles. The van der Waals surface area contributed by atoms with Crippen LogP contribution in [0.1, 0.15) is 65.2 Å². The summed E-state index contributed by atoms with van der Waals surface area (Å²) in [6.45, 7) is 8.35. The van der Waals surface area contributed by atoms with E-state index in [-0.39, 0.29) is 5.92 Å². The Labute approximate surface area is 144 Å². The molecule has 4 heteroatoms. The van der Waals surface area contributed by atoms with Crippen molar-refractivity contribution < 1.29 is 18.9 Å². The first-order valence-corrected chi connectivity index (χ1v) is 8.87. The van der Waals surface area contributed by atoms with Gasteiger partial charge in [-0.25, -0.2) is 0 Å². The zero-order valence-electron chi connectivity index (χ0n) is 16.4. The molecule has 0 aromatic rings. The number of methoxy groups -OCH3 is 4. The molecule has 0 aliphatic rings. The van der Waals surface area contributed by atoms with Gasteiger partial charge in [-0.1, -0.05) is 58.4 Å². The van der Waals surface area contributed by atoms with Crippen LogP contribution in [0.2, 0.25) is 0 Å². The van der Waals surface area contributed by atoms with Crippen LogP contribution >= 0.6 is 0 Å². The predicted octanol–water partition coefficient (Wildman–Crippen LogP) is 5.18. The van der Waals surface area contributed by atoms with E-state index in [1.807, 2.05) is 6.08 Å². The second kappa shape index (κ2) is 17.9. The summed E-state index contributed by atoms with van der Waals surface area (Å²) in [5.41, 5.74) is 0. The summed E-state index contributed by atoms with van der Waals surface area (Å²) >= 11 is 0. The summed E-state index contributed by atoms with van der Waals surface area (Å²) in [6, 6.07) is 0. The topological polar surface area (TPSA) is 36.9 Å². The molecule has 0 aliphatic heterocycles. The molecule has 1 atom stereocenters. The van der Waals surface area contributed by atoms with Crippen LogP contribution in [-0.4, -0.2) is 41.0 Å². The van der Waals surface area contributed by atoms with E-state index in [2.05, 4.69) is 20.4 Å². The molecule has 0 rings (SSSR count). The van der Waals surface area contributed by atoms with Crippen LogP contribution in [0, 0.1) is 5.92 Å². The van der Waals surface area contributed by atoms with Crippen LogP contribution in [0.5, 0.6) is 0 Å². The van der Waals surface area contributed by atoms with E-state index >= 15 is 0 Å². The summed E-state index contributed by atoms with van der Waals surface area (Å²) < 4.78 is 21.5. The van der Waals surface area contributed by atoms with E-state index in [0.717, 1.165) is 19.3 Å². The lowest BCUT2D eigenvalue weighted by atomic mass is 9.98. The van der Waals surface area contributed by atoms with E-state index in [1.165, 1.54) is 32.1 Å². The van der Waals surface area contributed by atoms with Crippen LogP contribution in [0.3, 0.4) is 0 Å². The molecule has 140 valence electrons. The van der Waals surface area contributed by atoms with Gasteiger partial charge in [0, 0.05) is 28.4 Å². The van der Waals surface area contributed by atoms with Gasteiger partial charge >= 0.3 is 0 Å². The van der Waals surface area contributed by atoms with Gasteiger partial charge in [0.15, 0.2) is 0 Å². The molecule has 0 amide bonds. The van der Waals surface area contributed by atoms with Gasteiger partial charge in [-0.2, -0.15) is 0 Å². The van der Waals surface area contributed by atoms with Crippen molar-refractivity contribution in [3.63, 3.8) is 0 Å². The first-order chi connectivity index (χ1) is 11.1. The predicted molar refractivity (Wildman–Crippen MR) is 97.6 cm³/mol. The van der Waals surface area contributed by atoms with Crippen molar-refractivity contribution in [2.45, 2.75) is 71.2 Å². The van der Waals surface area contributed by atoms with Crippen molar-refractivity contribution in [1.29, 1.82) is 0 Å². The lowest BCUT2D eigenvalue weighted by molar-refractivity contribution is -0.383. The molecular weight excluding hydrogens is 292 g/mol. The second-order valence-corrected chi connectivity index (χ2v) is 5.62. The van der Waals surface area contributed by atoms with Crippen molar-refractivity contribution in [2.75, 3.05) is 35.0 Å². The van der Waals surface area contributed by atoms with Gasteiger partial charge in [0.05, 0.1) is 12.5 Å². The monoisotopic (exact) mass is 332 g/mol. The fraction of sp³-hybridized carbons (Fsp3) is 0.895. The number of hydrogen-bond donors (Lipinski definition) is 0. The lowest BCUT2D eigenvalue weighted by Gasteiger charge is -2.36. The zero-order chi connectivity index (χ0) is 18.0. The fourth-order valence-corrected chi connectivity index (χ4v) is 2.48. The third kappa shape index (κ3) is 11.7. The molecule has 0 heterocycles. The minimum Gasteiger partial charge on any atom is -0.384 e. The molecule has 0 saturated carbocycles. The fourth-order valence-electron chi connectivity index (χ4n) is 2.48. The summed E-state index contributed by atoms with van der Waals surface area (Å²) in [7, 11) is 6.52. The summed E-state index contributed by atoms with van der Waals surface area (Å²) in [6.07, 6.45) is 11.6. The minimum absolute atomic E-state index is 0.0867. The highest BCUT2D eigenvalue weighted by Crippen LogP contribution is 2.28. The van der Waals surface area contributed by atoms with Crippen LogP contribution in [0.4, 0.5) is 0 Å².